The van der Waals surface area contributed by atoms with Crippen LogP contribution in [-0.4, -0.2) is 30.3 Å². The fourth-order valence-corrected chi connectivity index (χ4v) is 2.44. The van der Waals surface area contributed by atoms with Crippen molar-refractivity contribution >= 4 is 11.6 Å². The lowest BCUT2D eigenvalue weighted by Gasteiger charge is -2.07. The Morgan fingerprint density at radius 1 is 0.885 bits per heavy atom. The first-order valence-corrected chi connectivity index (χ1v) is 8.09. The van der Waals surface area contributed by atoms with Gasteiger partial charge >= 0.3 is 0 Å². The fraction of sp³-hybridized carbons (Fsp3) is 0.150. The lowest BCUT2D eigenvalue weighted by atomic mass is 10.1. The molecule has 6 nitrogen and oxygen atoms in total. The Morgan fingerprint density at radius 3 is 2.19 bits per heavy atom. The first-order chi connectivity index (χ1) is 12.7. The molecule has 0 aliphatic heterocycles. The third-order valence-electron chi connectivity index (χ3n) is 3.84. The number of amides is 1. The van der Waals surface area contributed by atoms with Crippen molar-refractivity contribution in [2.24, 2.45) is 0 Å². The minimum absolute atomic E-state index is 0.0767. The van der Waals surface area contributed by atoms with Crippen LogP contribution in [0.3, 0.4) is 0 Å². The number of methoxy groups -OCH3 is 2. The summed E-state index contributed by atoms with van der Waals surface area (Å²) in [6.07, 6.45) is 0.301. The largest absolute Gasteiger partial charge is 0.497 e. The molecular weight excluding hydrogens is 330 g/mol. The van der Waals surface area contributed by atoms with Crippen LogP contribution in [0.4, 0.5) is 5.69 Å². The van der Waals surface area contributed by atoms with E-state index in [4.69, 9.17) is 9.47 Å². The molecule has 1 aromatic heterocycles. The van der Waals surface area contributed by atoms with Gasteiger partial charge in [0.2, 0.25) is 11.8 Å². The maximum Gasteiger partial charge on any atom is 0.233 e. The lowest BCUT2D eigenvalue weighted by Crippen LogP contribution is -2.14. The molecule has 1 heterocycles. The van der Waals surface area contributed by atoms with E-state index in [0.29, 0.717) is 12.3 Å². The maximum absolute atomic E-state index is 12.2. The summed E-state index contributed by atoms with van der Waals surface area (Å²) < 4.78 is 10.1. The number of ether oxygens (including phenoxy) is 2. The van der Waals surface area contributed by atoms with E-state index < -0.39 is 0 Å². The van der Waals surface area contributed by atoms with Gasteiger partial charge < -0.3 is 14.8 Å². The van der Waals surface area contributed by atoms with Crippen molar-refractivity contribution in [2.75, 3.05) is 19.5 Å². The highest BCUT2D eigenvalue weighted by Crippen LogP contribution is 2.20. The van der Waals surface area contributed by atoms with Crippen LogP contribution in [0, 0.1) is 0 Å². The number of nitrogens with zero attached hydrogens (tertiary/aromatic N) is 2. The molecule has 0 radical (unpaired) electrons. The minimum Gasteiger partial charge on any atom is -0.497 e. The van der Waals surface area contributed by atoms with Crippen molar-refractivity contribution in [3.8, 4) is 22.9 Å². The number of hydrogen-bond acceptors (Lipinski definition) is 5. The molecule has 0 saturated heterocycles. The Balaban J connectivity index is 1.61. The summed E-state index contributed by atoms with van der Waals surface area (Å²) in [6.45, 7) is 0. The zero-order chi connectivity index (χ0) is 18.4. The van der Waals surface area contributed by atoms with Crippen LogP contribution in [-0.2, 0) is 11.2 Å². The minimum atomic E-state index is -0.0767. The quantitative estimate of drug-likeness (QED) is 0.739. The van der Waals surface area contributed by atoms with Gasteiger partial charge in [-0.25, -0.2) is 0 Å². The molecule has 1 amide bonds. The number of rotatable bonds is 6. The first-order valence-electron chi connectivity index (χ1n) is 8.09. The van der Waals surface area contributed by atoms with E-state index in [1.165, 1.54) is 0 Å². The monoisotopic (exact) mass is 349 g/mol. The van der Waals surface area contributed by atoms with Gasteiger partial charge in [0.1, 0.15) is 5.75 Å². The van der Waals surface area contributed by atoms with Crippen molar-refractivity contribution in [2.45, 2.75) is 6.42 Å². The molecule has 0 bridgehead atoms. The molecule has 0 fully saturated rings. The second-order valence-electron chi connectivity index (χ2n) is 5.61. The molecule has 0 spiro atoms. The third kappa shape index (κ3) is 4.36. The molecule has 6 heteroatoms. The van der Waals surface area contributed by atoms with Crippen LogP contribution in [0.5, 0.6) is 11.6 Å². The van der Waals surface area contributed by atoms with Gasteiger partial charge in [-0.3, -0.25) is 4.79 Å². The normalized spacial score (nSPS) is 10.2. The number of hydrogen-bond donors (Lipinski definition) is 1. The highest BCUT2D eigenvalue weighted by atomic mass is 16.5. The molecule has 132 valence electrons. The van der Waals surface area contributed by atoms with E-state index in [9.17, 15) is 4.79 Å². The Hall–Kier alpha value is -3.41. The average Bonchev–Trinajstić information content (AvgIpc) is 2.69. The summed E-state index contributed by atoms with van der Waals surface area (Å²) in [7, 11) is 3.16. The molecule has 3 rings (SSSR count). The van der Waals surface area contributed by atoms with Crippen molar-refractivity contribution in [3.05, 3.63) is 66.2 Å². The smallest absolute Gasteiger partial charge is 0.233 e. The number of anilines is 1. The number of nitrogens with one attached hydrogen (secondary N) is 1. The van der Waals surface area contributed by atoms with Crippen LogP contribution in [0.1, 0.15) is 5.56 Å². The summed E-state index contributed by atoms with van der Waals surface area (Å²) in [5.74, 6) is 1.16. The zero-order valence-corrected chi connectivity index (χ0v) is 14.6. The summed E-state index contributed by atoms with van der Waals surface area (Å²) in [4.78, 5) is 12.2. The molecule has 2 aromatic carbocycles. The average molecular weight is 349 g/mol. The van der Waals surface area contributed by atoms with Gasteiger partial charge in [0, 0.05) is 17.3 Å². The Kier molecular flexibility index (Phi) is 5.43. The Bertz CT molecular complexity index is 860. The van der Waals surface area contributed by atoms with Gasteiger partial charge in [0.25, 0.3) is 0 Å². The van der Waals surface area contributed by atoms with Gasteiger partial charge in [-0.2, -0.15) is 0 Å². The zero-order valence-electron chi connectivity index (χ0n) is 14.6. The van der Waals surface area contributed by atoms with Gasteiger partial charge in [-0.1, -0.05) is 24.3 Å². The van der Waals surface area contributed by atoms with Gasteiger partial charge in [-0.05, 0) is 35.9 Å². The Morgan fingerprint density at radius 2 is 1.62 bits per heavy atom. The molecule has 0 unspecified atom stereocenters. The second kappa shape index (κ2) is 8.11. The van der Waals surface area contributed by atoms with E-state index in [2.05, 4.69) is 15.5 Å². The van der Waals surface area contributed by atoms with Crippen molar-refractivity contribution < 1.29 is 14.3 Å². The molecular formula is C20H19N3O3. The van der Waals surface area contributed by atoms with Crippen LogP contribution < -0.4 is 14.8 Å². The fourth-order valence-electron chi connectivity index (χ4n) is 2.44. The molecule has 0 aliphatic rings. The van der Waals surface area contributed by atoms with E-state index in [1.807, 2.05) is 54.6 Å². The van der Waals surface area contributed by atoms with E-state index in [0.717, 1.165) is 28.3 Å². The summed E-state index contributed by atoms with van der Waals surface area (Å²) >= 11 is 0. The first kappa shape index (κ1) is 17.4. The van der Waals surface area contributed by atoms with E-state index >= 15 is 0 Å². The highest BCUT2D eigenvalue weighted by Gasteiger charge is 2.06. The molecule has 0 atom stereocenters. The van der Waals surface area contributed by atoms with Crippen LogP contribution in [0.25, 0.3) is 11.3 Å². The predicted molar refractivity (Wildman–Crippen MR) is 99.3 cm³/mol. The second-order valence-corrected chi connectivity index (χ2v) is 5.61. The maximum atomic E-state index is 12.2. The van der Waals surface area contributed by atoms with E-state index in [-0.39, 0.29) is 5.91 Å². The topological polar surface area (TPSA) is 73.3 Å². The predicted octanol–water partition coefficient (Wildman–Crippen LogP) is 3.34. The SMILES string of the molecule is COc1ccc(CC(=O)Nc2ccc(-c3ccc(OC)nn3)cc2)cc1. The summed E-state index contributed by atoms with van der Waals surface area (Å²) in [6, 6.07) is 18.5. The Labute approximate surface area is 151 Å². The lowest BCUT2D eigenvalue weighted by molar-refractivity contribution is -0.115. The number of carbonyl (C=O) groups excluding carboxylic acids is 1. The number of benzene rings is 2. The molecule has 1 N–H and O–H groups in total. The third-order valence-corrected chi connectivity index (χ3v) is 3.84. The van der Waals surface area contributed by atoms with Gasteiger partial charge in [0.05, 0.1) is 26.3 Å². The summed E-state index contributed by atoms with van der Waals surface area (Å²) in [5, 5.41) is 11.0. The molecule has 0 saturated carbocycles. The van der Waals surface area contributed by atoms with Crippen LogP contribution >= 0.6 is 0 Å². The highest BCUT2D eigenvalue weighted by molar-refractivity contribution is 5.92. The number of aromatic nitrogens is 2. The van der Waals surface area contributed by atoms with Gasteiger partial charge in [-0.15, -0.1) is 10.2 Å². The van der Waals surface area contributed by atoms with E-state index in [1.54, 1.807) is 20.3 Å². The molecule has 0 aliphatic carbocycles. The standard InChI is InChI=1S/C20H19N3O3/c1-25-17-9-3-14(4-10-17)13-19(24)21-16-7-5-15(6-8-16)18-11-12-20(26-2)23-22-18/h3-12H,13H2,1-2H3,(H,21,24). The molecule has 26 heavy (non-hydrogen) atoms. The van der Waals surface area contributed by atoms with Crippen LogP contribution in [0.2, 0.25) is 0 Å². The van der Waals surface area contributed by atoms with Crippen LogP contribution in [0.15, 0.2) is 60.7 Å². The summed E-state index contributed by atoms with van der Waals surface area (Å²) in [5.41, 5.74) is 3.30. The van der Waals surface area contributed by atoms with Crippen molar-refractivity contribution in [1.82, 2.24) is 10.2 Å². The van der Waals surface area contributed by atoms with Gasteiger partial charge in [0.15, 0.2) is 0 Å². The number of carbonyl (C=O) groups is 1. The van der Waals surface area contributed by atoms with Crippen molar-refractivity contribution in [3.63, 3.8) is 0 Å². The molecule has 3 aromatic rings. The van der Waals surface area contributed by atoms with Crippen molar-refractivity contribution in [1.29, 1.82) is 0 Å².